The van der Waals surface area contributed by atoms with E-state index in [0.29, 0.717) is 80.3 Å². The van der Waals surface area contributed by atoms with E-state index in [1.54, 1.807) is 127 Å². The van der Waals surface area contributed by atoms with Crippen LogP contribution in [0.4, 0.5) is 45.5 Å². The number of amides is 2. The summed E-state index contributed by atoms with van der Waals surface area (Å²) in [6.45, 7) is 15.2. The molecule has 4 N–H and O–H groups in total. The molecule has 0 saturated carbocycles. The Morgan fingerprint density at radius 1 is 0.406 bits per heavy atom. The van der Waals surface area contributed by atoms with Gasteiger partial charge in [0.15, 0.2) is 23.0 Å². The summed E-state index contributed by atoms with van der Waals surface area (Å²) in [7, 11) is -8.42. The van der Waals surface area contributed by atoms with Gasteiger partial charge in [-0.15, -0.1) is 0 Å². The number of allylic oxidation sites excluding steroid dienone is 2. The van der Waals surface area contributed by atoms with E-state index in [-0.39, 0.29) is 32.7 Å². The number of para-hydroxylation sites is 5. The molecule has 2 amide bonds. The third-order valence-corrected chi connectivity index (χ3v) is 29.3. The molecule has 12 aromatic carbocycles. The van der Waals surface area contributed by atoms with Gasteiger partial charge in [-0.3, -0.25) is 26.8 Å². The summed E-state index contributed by atoms with van der Waals surface area (Å²) in [5.74, 6) is 1.50. The SMILES string of the molecule is CCOc1ccccc1N(CC(=O)Nc1ccccc1C)S(=O)(=O)c1ccc(C)cc1.CCc1ccc(N(CC(=O)Nc2ccc(C)cc2)S(=O)(=O)c2ccc(C)cc2)c(OC)c1.COc1ccc(S(=O)(=O)N2CC(Nc3cccc(Br)c3)=C(C)c3ccc(Cl)cc32)cc1OC.COc1ccc(S(=O)(=O)N2CC(Nc3ccccc3Br)=C(C)c3ccccc32)cc1OC. The van der Waals surface area contributed by atoms with Gasteiger partial charge in [0.25, 0.3) is 40.1 Å². The molecule has 2 aliphatic rings. The maximum absolute atomic E-state index is 13.8. The number of anilines is 8. The summed E-state index contributed by atoms with van der Waals surface area (Å²) >= 11 is 13.3. The van der Waals surface area contributed by atoms with Crippen LogP contribution in [0.15, 0.2) is 307 Å². The lowest BCUT2D eigenvalue weighted by Crippen LogP contribution is -2.38. The van der Waals surface area contributed by atoms with Crippen LogP contribution in [0, 0.1) is 27.7 Å². The van der Waals surface area contributed by atoms with Gasteiger partial charge in [-0.25, -0.2) is 33.7 Å². The summed E-state index contributed by atoms with van der Waals surface area (Å²) in [5.41, 5.74) is 14.7. The third-order valence-electron chi connectivity index (χ3n) is 20.8. The largest absolute Gasteiger partial charge is 0.495 e. The van der Waals surface area contributed by atoms with E-state index in [0.717, 1.165) is 96.8 Å². The summed E-state index contributed by atoms with van der Waals surface area (Å²) in [6, 6.07) is 77.3. The Kier molecular flexibility index (Phi) is 32.4. The molecule has 0 atom stereocenters. The summed E-state index contributed by atoms with van der Waals surface area (Å²) in [5, 5.41) is 12.8. The van der Waals surface area contributed by atoms with Crippen molar-refractivity contribution in [3.63, 3.8) is 0 Å². The highest BCUT2D eigenvalue weighted by molar-refractivity contribution is 9.10. The predicted octanol–water partition coefficient (Wildman–Crippen LogP) is 20.9. The van der Waals surface area contributed by atoms with Gasteiger partial charge < -0.3 is 49.7 Å². The Hall–Kier alpha value is -12.3. The maximum atomic E-state index is 13.8. The van der Waals surface area contributed by atoms with Gasteiger partial charge in [-0.2, -0.15) is 0 Å². The quantitative estimate of drug-likeness (QED) is 0.0354. The number of benzene rings is 12. The lowest BCUT2D eigenvalue weighted by molar-refractivity contribution is -0.115. The van der Waals surface area contributed by atoms with Crippen LogP contribution in [0.3, 0.4) is 0 Å². The van der Waals surface area contributed by atoms with Gasteiger partial charge in [0.1, 0.15) is 24.6 Å². The molecule has 0 spiro atoms. The second-order valence-corrected chi connectivity index (χ2v) is 39.0. The molecule has 0 aliphatic carbocycles. The van der Waals surface area contributed by atoms with Gasteiger partial charge in [0.05, 0.1) is 103 Å². The number of fused-ring (bicyclic) bond motifs is 2. The molecular formula is C97H99Br2ClN8O16S4. The van der Waals surface area contributed by atoms with Crippen LogP contribution < -0.4 is 66.9 Å². The predicted molar refractivity (Wildman–Crippen MR) is 518 cm³/mol. The van der Waals surface area contributed by atoms with E-state index in [1.807, 2.05) is 171 Å². The number of sulfonamides is 4. The van der Waals surface area contributed by atoms with Crippen molar-refractivity contribution in [2.24, 2.45) is 0 Å². The molecule has 668 valence electrons. The minimum Gasteiger partial charge on any atom is -0.495 e. The fourth-order valence-electron chi connectivity index (χ4n) is 13.8. The molecule has 128 heavy (non-hydrogen) atoms. The summed E-state index contributed by atoms with van der Waals surface area (Å²) < 4.78 is 149. The number of methoxy groups -OCH3 is 5. The lowest BCUT2D eigenvalue weighted by atomic mass is 9.99. The lowest BCUT2D eigenvalue weighted by Gasteiger charge is -2.33. The zero-order valence-electron chi connectivity index (χ0n) is 72.7. The molecule has 0 saturated heterocycles. The highest BCUT2D eigenvalue weighted by Crippen LogP contribution is 2.44. The number of carbonyl (C=O) groups is 2. The van der Waals surface area contributed by atoms with E-state index in [9.17, 15) is 43.3 Å². The van der Waals surface area contributed by atoms with Crippen LogP contribution in [-0.2, 0) is 56.1 Å². The normalized spacial score (nSPS) is 12.3. The average Bonchev–Trinajstić information content (AvgIpc) is 0.742. The van der Waals surface area contributed by atoms with Crippen molar-refractivity contribution in [2.45, 2.75) is 81.4 Å². The Labute approximate surface area is 771 Å². The molecule has 31 heteroatoms. The molecule has 0 radical (unpaired) electrons. The Balaban J connectivity index is 0.000000165. The van der Waals surface area contributed by atoms with E-state index in [2.05, 4.69) is 53.1 Å². The second-order valence-electron chi connectivity index (χ2n) is 29.4. The Morgan fingerprint density at radius 3 is 1.41 bits per heavy atom. The van der Waals surface area contributed by atoms with Crippen LogP contribution in [0.25, 0.3) is 11.1 Å². The molecule has 12 aromatic rings. The van der Waals surface area contributed by atoms with Gasteiger partial charge in [0, 0.05) is 65.7 Å². The maximum Gasteiger partial charge on any atom is 0.264 e. The first-order valence-electron chi connectivity index (χ1n) is 40.3. The molecule has 0 unspecified atom stereocenters. The molecular weight excluding hydrogens is 1860 g/mol. The van der Waals surface area contributed by atoms with Crippen molar-refractivity contribution in [1.29, 1.82) is 0 Å². The summed E-state index contributed by atoms with van der Waals surface area (Å²) in [6.07, 6.45) is 0.773. The zero-order valence-corrected chi connectivity index (χ0v) is 79.9. The first-order valence-corrected chi connectivity index (χ1v) is 48.0. The fraction of sp³-hybridized carbons (Fsp3) is 0.196. The number of hydrogen-bond donors (Lipinski definition) is 4. The minimum absolute atomic E-state index is 0.0902. The number of halogens is 3. The second kappa shape index (κ2) is 43.0. The van der Waals surface area contributed by atoms with Gasteiger partial charge in [0.2, 0.25) is 11.8 Å². The van der Waals surface area contributed by atoms with E-state index < -0.39 is 65.0 Å². The zero-order chi connectivity index (χ0) is 92.4. The number of nitrogens with zero attached hydrogens (tertiary/aromatic N) is 4. The van der Waals surface area contributed by atoms with Crippen LogP contribution in [0.1, 0.15) is 66.6 Å². The molecule has 0 bridgehead atoms. The van der Waals surface area contributed by atoms with Crippen LogP contribution >= 0.6 is 43.5 Å². The monoisotopic (exact) mass is 1950 g/mol. The highest BCUT2D eigenvalue weighted by Gasteiger charge is 2.37. The third kappa shape index (κ3) is 23.0. The van der Waals surface area contributed by atoms with Crippen LogP contribution in [0.5, 0.6) is 34.5 Å². The van der Waals surface area contributed by atoms with Crippen LogP contribution in [0.2, 0.25) is 5.02 Å². The van der Waals surface area contributed by atoms with Crippen LogP contribution in [-0.4, -0.2) is 114 Å². The van der Waals surface area contributed by atoms with Gasteiger partial charge in [-0.1, -0.05) is 166 Å². The fourth-order valence-corrected chi connectivity index (χ4v) is 20.5. The first-order chi connectivity index (χ1) is 61.2. The number of hydrogen-bond acceptors (Lipinski definition) is 18. The first kappa shape index (κ1) is 96.3. The smallest absolute Gasteiger partial charge is 0.264 e. The molecule has 14 rings (SSSR count). The highest BCUT2D eigenvalue weighted by atomic mass is 79.9. The van der Waals surface area contributed by atoms with Crippen molar-refractivity contribution in [2.75, 3.05) is 107 Å². The van der Waals surface area contributed by atoms with E-state index in [1.165, 1.54) is 68.4 Å². The topological polar surface area (TPSA) is 287 Å². The molecule has 2 aliphatic heterocycles. The van der Waals surface area contributed by atoms with Crippen molar-refractivity contribution >= 4 is 152 Å². The van der Waals surface area contributed by atoms with Crippen molar-refractivity contribution < 1.29 is 71.7 Å². The Bertz CT molecular complexity index is 6590. The summed E-state index contributed by atoms with van der Waals surface area (Å²) in [4.78, 5) is 26.2. The number of rotatable bonds is 28. The number of carbonyl (C=O) groups excluding carboxylic acids is 2. The number of nitrogens with one attached hydrogen (secondary N) is 4. The molecule has 24 nitrogen and oxygen atoms in total. The van der Waals surface area contributed by atoms with Gasteiger partial charge in [-0.05, 0) is 233 Å². The van der Waals surface area contributed by atoms with E-state index >= 15 is 0 Å². The number of ether oxygens (including phenoxy) is 6. The molecule has 2 heterocycles. The Morgan fingerprint density at radius 2 is 0.875 bits per heavy atom. The molecule has 0 aromatic heterocycles. The van der Waals surface area contributed by atoms with Gasteiger partial charge >= 0.3 is 0 Å². The average molecular weight is 1960 g/mol. The minimum atomic E-state index is -4.02. The van der Waals surface area contributed by atoms with Crippen molar-refractivity contribution in [1.82, 2.24) is 0 Å². The van der Waals surface area contributed by atoms with E-state index in [4.69, 9.17) is 40.0 Å². The molecule has 0 fully saturated rings. The van der Waals surface area contributed by atoms with Crippen molar-refractivity contribution in [3.8, 4) is 34.5 Å². The standard InChI is InChI=1S/C25H28N2O4S.C24H22BrClN2O4S.C24H23BrN2O4S.C24H26N2O4S/c1-5-20-10-15-23(24(16-20)31-4)27(32(29,30)22-13-8-19(3)9-14-22)17-25(28)26-21-11-6-18(2)7-12-21;1-15-20-9-7-17(26)12-22(20)28(14-21(15)27-18-6-4-5-16(25)11-18)33(29,30)19-8-10-23(31-2)24(13-19)32-3;1-16-18-8-4-7-11-22(18)27(15-21(16)26-20-10-6-5-9-19(20)25)32(28,29)17-12-13-23(30-2)24(14-17)31-3;1-4-30-23-12-8-7-11-22(23)26(31(28,29)20-15-13-18(2)14-16-20)17-24(27)25-21-10-6-5-9-19(21)3/h6-16H,5,17H2,1-4H3,(H,26,28);4-13,27H,14H2,1-3H3;4-14,26H,15H2,1-3H3;5-16H,4,17H2,1-3H3,(H,25,27). The van der Waals surface area contributed by atoms with Crippen molar-refractivity contribution in [3.05, 3.63) is 331 Å². The number of aryl methyl sites for hydroxylation is 5.